The van der Waals surface area contributed by atoms with Crippen LogP contribution in [0.5, 0.6) is 5.75 Å². The van der Waals surface area contributed by atoms with Gasteiger partial charge in [0.25, 0.3) is 0 Å². The molecule has 2 amide bonds. The molecule has 1 atom stereocenters. The molecule has 3 aromatic rings. The van der Waals surface area contributed by atoms with Gasteiger partial charge in [-0.3, -0.25) is 13.9 Å². The van der Waals surface area contributed by atoms with Gasteiger partial charge in [0.05, 0.1) is 24.1 Å². The number of anilines is 1. The number of halogens is 2. The first-order chi connectivity index (χ1) is 18.9. The molecule has 0 spiro atoms. The maximum absolute atomic E-state index is 14.0. The Balaban J connectivity index is 2.07. The SMILES string of the molecule is COc1ccc(N(CC(=O)N(Cc2cccc(Cl)c2)C(Cc2ccccc2)C(=O)NC(C)C)S(C)(=O)=O)cc1Cl. The summed E-state index contributed by atoms with van der Waals surface area (Å²) in [5.74, 6) is -0.564. The highest BCUT2D eigenvalue weighted by atomic mass is 35.5. The van der Waals surface area contributed by atoms with Crippen molar-refractivity contribution in [3.05, 3.63) is 94.0 Å². The second kappa shape index (κ2) is 13.9. The molecule has 3 aromatic carbocycles. The number of hydrogen-bond acceptors (Lipinski definition) is 5. The Hall–Kier alpha value is -3.27. The third-order valence-corrected chi connectivity index (χ3v) is 7.72. The van der Waals surface area contributed by atoms with Crippen LogP contribution in [0.3, 0.4) is 0 Å². The number of nitrogens with zero attached hydrogens (tertiary/aromatic N) is 2. The number of methoxy groups -OCH3 is 1. The lowest BCUT2D eigenvalue weighted by Gasteiger charge is -2.34. The fourth-order valence-electron chi connectivity index (χ4n) is 4.19. The fraction of sp³-hybridized carbons (Fsp3) is 0.310. The minimum atomic E-state index is -3.92. The molecular formula is C29H33Cl2N3O5S. The summed E-state index contributed by atoms with van der Waals surface area (Å²) in [4.78, 5) is 29.0. The molecule has 1 N–H and O–H groups in total. The molecule has 0 aromatic heterocycles. The maximum Gasteiger partial charge on any atom is 0.244 e. The topological polar surface area (TPSA) is 96.0 Å². The monoisotopic (exact) mass is 605 g/mol. The lowest BCUT2D eigenvalue weighted by Crippen LogP contribution is -2.54. The van der Waals surface area contributed by atoms with Crippen molar-refractivity contribution < 1.29 is 22.7 Å². The van der Waals surface area contributed by atoms with Gasteiger partial charge in [-0.15, -0.1) is 0 Å². The summed E-state index contributed by atoms with van der Waals surface area (Å²) >= 11 is 12.5. The zero-order valence-electron chi connectivity index (χ0n) is 22.8. The molecule has 0 radical (unpaired) electrons. The molecule has 214 valence electrons. The van der Waals surface area contributed by atoms with Crippen LogP contribution in [0.4, 0.5) is 5.69 Å². The van der Waals surface area contributed by atoms with Crippen molar-refractivity contribution in [3.63, 3.8) is 0 Å². The van der Waals surface area contributed by atoms with E-state index in [9.17, 15) is 18.0 Å². The van der Waals surface area contributed by atoms with Gasteiger partial charge in [-0.1, -0.05) is 65.7 Å². The lowest BCUT2D eigenvalue weighted by atomic mass is 10.0. The minimum Gasteiger partial charge on any atom is -0.495 e. The molecule has 0 aliphatic carbocycles. The van der Waals surface area contributed by atoms with Crippen LogP contribution in [0, 0.1) is 0 Å². The maximum atomic E-state index is 14.0. The van der Waals surface area contributed by atoms with Gasteiger partial charge < -0.3 is 15.0 Å². The molecule has 11 heteroatoms. The van der Waals surface area contributed by atoms with Gasteiger partial charge in [0, 0.05) is 24.0 Å². The van der Waals surface area contributed by atoms with Crippen molar-refractivity contribution in [2.24, 2.45) is 0 Å². The number of carbonyl (C=O) groups excluding carboxylic acids is 2. The Morgan fingerprint density at radius 2 is 1.62 bits per heavy atom. The van der Waals surface area contributed by atoms with Crippen LogP contribution in [0.15, 0.2) is 72.8 Å². The largest absolute Gasteiger partial charge is 0.495 e. The molecule has 3 rings (SSSR count). The molecule has 1 unspecified atom stereocenters. The molecular weight excluding hydrogens is 573 g/mol. The average Bonchev–Trinajstić information content (AvgIpc) is 2.88. The minimum absolute atomic E-state index is 0.0311. The highest BCUT2D eigenvalue weighted by molar-refractivity contribution is 7.92. The Morgan fingerprint density at radius 3 is 2.20 bits per heavy atom. The third kappa shape index (κ3) is 8.61. The van der Waals surface area contributed by atoms with E-state index in [-0.39, 0.29) is 35.6 Å². The van der Waals surface area contributed by atoms with E-state index in [2.05, 4.69) is 5.32 Å². The molecule has 0 aliphatic rings. The van der Waals surface area contributed by atoms with Crippen LogP contribution in [0.25, 0.3) is 0 Å². The molecule has 0 saturated carbocycles. The van der Waals surface area contributed by atoms with Crippen molar-refractivity contribution in [2.75, 3.05) is 24.2 Å². The fourth-order valence-corrected chi connectivity index (χ4v) is 5.50. The number of rotatable bonds is 12. The number of hydrogen-bond donors (Lipinski definition) is 1. The molecule has 0 aliphatic heterocycles. The zero-order valence-corrected chi connectivity index (χ0v) is 25.1. The van der Waals surface area contributed by atoms with Crippen molar-refractivity contribution in [2.45, 2.75) is 38.9 Å². The highest BCUT2D eigenvalue weighted by Gasteiger charge is 2.33. The van der Waals surface area contributed by atoms with Crippen molar-refractivity contribution in [1.29, 1.82) is 0 Å². The first kappa shape index (κ1) is 31.3. The lowest BCUT2D eigenvalue weighted by molar-refractivity contribution is -0.140. The van der Waals surface area contributed by atoms with Crippen LogP contribution in [-0.4, -0.2) is 57.1 Å². The van der Waals surface area contributed by atoms with Crippen molar-refractivity contribution >= 4 is 50.7 Å². The smallest absolute Gasteiger partial charge is 0.244 e. The average molecular weight is 607 g/mol. The number of carbonyl (C=O) groups is 2. The Morgan fingerprint density at radius 1 is 0.950 bits per heavy atom. The van der Waals surface area contributed by atoms with E-state index in [0.717, 1.165) is 16.1 Å². The van der Waals surface area contributed by atoms with Gasteiger partial charge in [0.2, 0.25) is 21.8 Å². The number of benzene rings is 3. The summed E-state index contributed by atoms with van der Waals surface area (Å²) in [6.07, 6.45) is 1.23. The zero-order chi connectivity index (χ0) is 29.4. The van der Waals surface area contributed by atoms with Crippen LogP contribution < -0.4 is 14.4 Å². The third-order valence-electron chi connectivity index (χ3n) is 6.05. The van der Waals surface area contributed by atoms with Gasteiger partial charge in [-0.2, -0.15) is 0 Å². The Bertz CT molecular complexity index is 1430. The number of ether oxygens (including phenoxy) is 1. The predicted octanol–water partition coefficient (Wildman–Crippen LogP) is 4.93. The van der Waals surface area contributed by atoms with Gasteiger partial charge >= 0.3 is 0 Å². The molecule has 0 heterocycles. The van der Waals surface area contributed by atoms with Crippen LogP contribution in [0.2, 0.25) is 10.0 Å². The predicted molar refractivity (Wildman–Crippen MR) is 159 cm³/mol. The summed E-state index contributed by atoms with van der Waals surface area (Å²) in [6, 6.07) is 19.6. The van der Waals surface area contributed by atoms with Gasteiger partial charge in [0.15, 0.2) is 0 Å². The first-order valence-electron chi connectivity index (χ1n) is 12.6. The summed E-state index contributed by atoms with van der Waals surface area (Å²) in [7, 11) is -2.48. The van der Waals surface area contributed by atoms with Gasteiger partial charge in [0.1, 0.15) is 18.3 Å². The summed E-state index contributed by atoms with van der Waals surface area (Å²) in [5, 5.41) is 3.57. The van der Waals surface area contributed by atoms with Gasteiger partial charge in [-0.25, -0.2) is 8.42 Å². The quantitative estimate of drug-likeness (QED) is 0.316. The molecule has 8 nitrogen and oxygen atoms in total. The number of amides is 2. The first-order valence-corrected chi connectivity index (χ1v) is 15.2. The summed E-state index contributed by atoms with van der Waals surface area (Å²) < 4.78 is 31.9. The van der Waals surface area contributed by atoms with Crippen LogP contribution in [0.1, 0.15) is 25.0 Å². The number of nitrogens with one attached hydrogen (secondary N) is 1. The highest BCUT2D eigenvalue weighted by Crippen LogP contribution is 2.30. The molecule has 40 heavy (non-hydrogen) atoms. The summed E-state index contributed by atoms with van der Waals surface area (Å²) in [6.45, 7) is 3.14. The van der Waals surface area contributed by atoms with E-state index in [1.165, 1.54) is 30.2 Å². The molecule has 0 bridgehead atoms. The van der Waals surface area contributed by atoms with Crippen LogP contribution >= 0.6 is 23.2 Å². The summed E-state index contributed by atoms with van der Waals surface area (Å²) in [5.41, 5.74) is 1.72. The number of sulfonamides is 1. The second-order valence-electron chi connectivity index (χ2n) is 9.61. The molecule has 0 saturated heterocycles. The van der Waals surface area contributed by atoms with Crippen molar-refractivity contribution in [3.8, 4) is 5.75 Å². The van der Waals surface area contributed by atoms with E-state index >= 15 is 0 Å². The van der Waals surface area contributed by atoms with E-state index in [4.69, 9.17) is 27.9 Å². The standard InChI is InChI=1S/C29H33Cl2N3O5S/c1-20(2)32-29(36)26(16-21-9-6-5-7-10-21)33(18-22-11-8-12-23(30)15-22)28(35)19-34(40(4,37)38)24-13-14-27(39-3)25(31)17-24/h5-15,17,20,26H,16,18-19H2,1-4H3,(H,32,36). The van der Waals surface area contributed by atoms with E-state index in [1.54, 1.807) is 24.3 Å². The van der Waals surface area contributed by atoms with Crippen LogP contribution in [-0.2, 0) is 32.6 Å². The van der Waals surface area contributed by atoms with Crippen molar-refractivity contribution in [1.82, 2.24) is 10.2 Å². The normalized spacial score (nSPS) is 12.1. The van der Waals surface area contributed by atoms with Gasteiger partial charge in [-0.05, 0) is 55.3 Å². The van der Waals surface area contributed by atoms with E-state index < -0.39 is 28.5 Å². The Kier molecular flexibility index (Phi) is 10.8. The van der Waals surface area contributed by atoms with E-state index in [0.29, 0.717) is 16.3 Å². The second-order valence-corrected chi connectivity index (χ2v) is 12.4. The molecule has 0 fully saturated rings. The Labute approximate surface area is 245 Å². The van der Waals surface area contributed by atoms with E-state index in [1.807, 2.05) is 44.2 Å².